The summed E-state index contributed by atoms with van der Waals surface area (Å²) in [6.07, 6.45) is 10.6. The van der Waals surface area contributed by atoms with E-state index in [9.17, 15) is 14.7 Å². The molecule has 0 spiro atoms. The van der Waals surface area contributed by atoms with Crippen LogP contribution < -0.4 is 0 Å². The van der Waals surface area contributed by atoms with Gasteiger partial charge in [0.2, 0.25) is 0 Å². The van der Waals surface area contributed by atoms with Gasteiger partial charge in [-0.25, -0.2) is 0 Å². The summed E-state index contributed by atoms with van der Waals surface area (Å²) in [5.74, 6) is 7.81. The van der Waals surface area contributed by atoms with Crippen LogP contribution in [0.25, 0.3) is 0 Å². The van der Waals surface area contributed by atoms with Gasteiger partial charge in [0.25, 0.3) is 0 Å². The molecule has 0 bridgehead atoms. The summed E-state index contributed by atoms with van der Waals surface area (Å²) < 4.78 is 0. The molecular weight excluding hydrogens is 452 g/mol. The van der Waals surface area contributed by atoms with Gasteiger partial charge in [0.05, 0.1) is 5.41 Å². The lowest BCUT2D eigenvalue weighted by molar-refractivity contribution is -0.132. The van der Waals surface area contributed by atoms with E-state index in [0.29, 0.717) is 24.7 Å². The maximum atomic E-state index is 13.6. The number of aliphatic hydroxyl groups is 1. The smallest absolute Gasteiger partial charge is 0.156 e. The average Bonchev–Trinajstić information content (AvgIpc) is 3.18. The highest BCUT2D eigenvalue weighted by Gasteiger charge is 2.65. The third-order valence-corrected chi connectivity index (χ3v) is 10.4. The van der Waals surface area contributed by atoms with Crippen LogP contribution in [-0.4, -0.2) is 29.5 Å². The average molecular weight is 489 g/mol. The second kappa shape index (κ2) is 9.41. The summed E-state index contributed by atoms with van der Waals surface area (Å²) in [5.41, 5.74) is 4.61. The van der Waals surface area contributed by atoms with Crippen LogP contribution in [0.4, 0.5) is 0 Å². The van der Waals surface area contributed by atoms with Crippen LogP contribution >= 0.6 is 11.8 Å². The minimum atomic E-state index is -0.693. The number of rotatable bonds is 4. The fourth-order valence-electron chi connectivity index (χ4n) is 8.05. The molecule has 2 fully saturated rings. The van der Waals surface area contributed by atoms with Crippen LogP contribution in [0.5, 0.6) is 0 Å². The molecule has 0 amide bonds. The first-order valence-corrected chi connectivity index (χ1v) is 14.4. The molecule has 0 heterocycles. The molecule has 35 heavy (non-hydrogen) atoms. The highest BCUT2D eigenvalue weighted by Crippen LogP contribution is 2.69. The zero-order valence-corrected chi connectivity index (χ0v) is 22.0. The highest BCUT2D eigenvalue weighted by atomic mass is 32.2. The number of thioether (sulfide) groups is 1. The van der Waals surface area contributed by atoms with Crippen LogP contribution in [0.15, 0.2) is 52.0 Å². The fraction of sp³-hybridized carbons (Fsp3) is 0.548. The van der Waals surface area contributed by atoms with E-state index in [-0.39, 0.29) is 29.5 Å². The first kappa shape index (κ1) is 24.6. The van der Waals surface area contributed by atoms with Crippen molar-refractivity contribution in [2.75, 3.05) is 12.9 Å². The molecule has 0 aromatic heterocycles. The summed E-state index contributed by atoms with van der Waals surface area (Å²) >= 11 is 1.75. The molecule has 184 valence electrons. The Morgan fingerprint density at radius 2 is 1.94 bits per heavy atom. The van der Waals surface area contributed by atoms with Crippen molar-refractivity contribution < 1.29 is 14.7 Å². The molecule has 2 saturated carbocycles. The van der Waals surface area contributed by atoms with Crippen molar-refractivity contribution in [3.63, 3.8) is 0 Å². The van der Waals surface area contributed by atoms with Gasteiger partial charge in [-0.05, 0) is 96.9 Å². The SMILES string of the molecule is CCC(=O)[C@@]1(C#CCO)CC[C@H]2[C@@H]3CCC4=CC(=O)CCC4=C3[C@@H](c3ccc(SC)cc3)C[C@@]21C. The van der Waals surface area contributed by atoms with Gasteiger partial charge in [0, 0.05) is 23.7 Å². The van der Waals surface area contributed by atoms with Gasteiger partial charge in [-0.15, -0.1) is 11.8 Å². The lowest BCUT2D eigenvalue weighted by Crippen LogP contribution is -2.50. The number of hydrogen-bond donors (Lipinski definition) is 1. The number of hydrogen-bond acceptors (Lipinski definition) is 4. The molecule has 1 N–H and O–H groups in total. The van der Waals surface area contributed by atoms with Gasteiger partial charge in [-0.2, -0.15) is 0 Å². The van der Waals surface area contributed by atoms with Crippen LogP contribution in [-0.2, 0) is 9.59 Å². The Labute approximate surface area is 213 Å². The minimum absolute atomic E-state index is 0.208. The van der Waals surface area contributed by atoms with E-state index in [2.05, 4.69) is 49.3 Å². The number of carbonyl (C=O) groups excluding carboxylic acids is 2. The number of benzene rings is 1. The molecule has 0 aliphatic heterocycles. The molecule has 5 rings (SSSR count). The number of Topliss-reactive ketones (excluding diaryl/α,β-unsaturated/α-hetero) is 1. The zero-order chi connectivity index (χ0) is 24.8. The van der Waals surface area contributed by atoms with Gasteiger partial charge < -0.3 is 5.11 Å². The Hall–Kier alpha value is -2.09. The molecule has 4 aliphatic carbocycles. The summed E-state index contributed by atoms with van der Waals surface area (Å²) in [6, 6.07) is 8.97. The van der Waals surface area contributed by atoms with Crippen molar-refractivity contribution in [1.82, 2.24) is 0 Å². The number of carbonyl (C=O) groups is 2. The predicted molar refractivity (Wildman–Crippen MR) is 141 cm³/mol. The first-order chi connectivity index (χ1) is 16.9. The predicted octanol–water partition coefficient (Wildman–Crippen LogP) is 6.27. The fourth-order valence-corrected chi connectivity index (χ4v) is 8.46. The quantitative estimate of drug-likeness (QED) is 0.401. The molecule has 1 aromatic carbocycles. The normalized spacial score (nSPS) is 33.8. The van der Waals surface area contributed by atoms with Crippen molar-refractivity contribution in [3.05, 3.63) is 52.6 Å². The van der Waals surface area contributed by atoms with Crippen molar-refractivity contribution in [2.24, 2.45) is 22.7 Å². The Balaban J connectivity index is 1.70. The molecule has 0 radical (unpaired) electrons. The Morgan fingerprint density at radius 3 is 2.63 bits per heavy atom. The monoisotopic (exact) mass is 488 g/mol. The molecule has 4 aliphatic rings. The molecule has 5 atom stereocenters. The second-order valence-corrected chi connectivity index (χ2v) is 11.8. The van der Waals surface area contributed by atoms with E-state index in [1.807, 2.05) is 13.0 Å². The van der Waals surface area contributed by atoms with E-state index < -0.39 is 5.41 Å². The Bertz CT molecular complexity index is 1160. The third-order valence-electron chi connectivity index (χ3n) is 9.63. The van der Waals surface area contributed by atoms with Crippen molar-refractivity contribution >= 4 is 23.3 Å². The van der Waals surface area contributed by atoms with Gasteiger partial charge in [-0.1, -0.05) is 43.4 Å². The van der Waals surface area contributed by atoms with Crippen LogP contribution in [0, 0.1) is 34.5 Å². The summed E-state index contributed by atoms with van der Waals surface area (Å²) in [6.45, 7) is 4.07. The maximum Gasteiger partial charge on any atom is 0.156 e. The van der Waals surface area contributed by atoms with E-state index in [0.717, 1.165) is 38.5 Å². The van der Waals surface area contributed by atoms with Gasteiger partial charge in [0.15, 0.2) is 11.6 Å². The molecule has 4 heteroatoms. The maximum absolute atomic E-state index is 13.6. The number of allylic oxidation sites excluding steroid dienone is 4. The largest absolute Gasteiger partial charge is 0.384 e. The molecule has 0 saturated heterocycles. The summed E-state index contributed by atoms with van der Waals surface area (Å²) in [7, 11) is 0. The molecule has 1 aromatic rings. The highest BCUT2D eigenvalue weighted by molar-refractivity contribution is 7.98. The third kappa shape index (κ3) is 3.78. The summed E-state index contributed by atoms with van der Waals surface area (Å²) in [4.78, 5) is 27.1. The number of aliphatic hydroxyl groups excluding tert-OH is 1. The van der Waals surface area contributed by atoms with Crippen LogP contribution in [0.3, 0.4) is 0 Å². The topological polar surface area (TPSA) is 54.4 Å². The number of fused-ring (bicyclic) bond motifs is 4. The molecule has 3 nitrogen and oxygen atoms in total. The van der Waals surface area contributed by atoms with Crippen molar-refractivity contribution in [3.8, 4) is 11.8 Å². The molecule has 0 unspecified atom stereocenters. The zero-order valence-electron chi connectivity index (χ0n) is 21.2. The lowest BCUT2D eigenvalue weighted by atomic mass is 9.48. The van der Waals surface area contributed by atoms with E-state index >= 15 is 0 Å². The van der Waals surface area contributed by atoms with Gasteiger partial charge in [0.1, 0.15) is 6.61 Å². The second-order valence-electron chi connectivity index (χ2n) is 10.9. The lowest BCUT2D eigenvalue weighted by Gasteiger charge is -2.54. The van der Waals surface area contributed by atoms with Crippen LogP contribution in [0.2, 0.25) is 0 Å². The Kier molecular flexibility index (Phi) is 6.62. The number of ketones is 2. The van der Waals surface area contributed by atoms with E-state index in [4.69, 9.17) is 0 Å². The van der Waals surface area contributed by atoms with Crippen molar-refractivity contribution in [2.45, 2.75) is 76.0 Å². The van der Waals surface area contributed by atoms with Crippen LogP contribution in [0.1, 0.15) is 76.7 Å². The first-order valence-electron chi connectivity index (χ1n) is 13.1. The Morgan fingerprint density at radius 1 is 1.17 bits per heavy atom. The minimum Gasteiger partial charge on any atom is -0.384 e. The van der Waals surface area contributed by atoms with Crippen molar-refractivity contribution in [1.29, 1.82) is 0 Å². The van der Waals surface area contributed by atoms with Gasteiger partial charge in [-0.3, -0.25) is 9.59 Å². The molecular formula is C31H36O3S. The van der Waals surface area contributed by atoms with E-state index in [1.54, 1.807) is 17.3 Å². The standard InChI is InChI=1S/C31H36O3S/c1-4-28(34)31(15-5-17-32)16-14-27-25-12-8-21-18-22(33)9-13-24(21)29(25)26(19-30(27,31)2)20-6-10-23(35-3)11-7-20/h6-7,10-11,18,25-27,32H,4,8-9,12-14,16-17,19H2,1-3H3/t25-,26+,27-,30-,31+/m0/s1. The van der Waals surface area contributed by atoms with Gasteiger partial charge >= 0.3 is 0 Å². The summed E-state index contributed by atoms with van der Waals surface area (Å²) in [5, 5.41) is 9.56. The van der Waals surface area contributed by atoms with E-state index in [1.165, 1.54) is 21.6 Å².